The largest absolute Gasteiger partial charge is 0.290 e. The number of aryl methyl sites for hydroxylation is 1. The van der Waals surface area contributed by atoms with Gasteiger partial charge in [0.15, 0.2) is 0 Å². The molecule has 1 atom stereocenters. The van der Waals surface area contributed by atoms with Gasteiger partial charge in [0.25, 0.3) is 0 Å². The van der Waals surface area contributed by atoms with Gasteiger partial charge in [-0.2, -0.15) is 14.7 Å². The number of carbonyl (C=O) groups is 1. The van der Waals surface area contributed by atoms with E-state index >= 15 is 0 Å². The molecule has 2 rings (SSSR count). The second kappa shape index (κ2) is 6.32. The lowest BCUT2D eigenvalue weighted by Gasteiger charge is -2.01. The van der Waals surface area contributed by atoms with E-state index in [1.54, 1.807) is 37.3 Å². The minimum Gasteiger partial charge on any atom is -0.290 e. The van der Waals surface area contributed by atoms with Gasteiger partial charge >= 0.3 is 0 Å². The van der Waals surface area contributed by atoms with E-state index < -0.39 is 11.8 Å². The molecule has 0 N–H and O–H groups in total. The highest BCUT2D eigenvalue weighted by atomic mass is 35.5. The second-order valence-corrected chi connectivity index (χ2v) is 4.91. The highest BCUT2D eigenvalue weighted by Crippen LogP contribution is 2.17. The van der Waals surface area contributed by atoms with Crippen LogP contribution in [-0.2, 0) is 0 Å². The van der Waals surface area contributed by atoms with Gasteiger partial charge in [-0.05, 0) is 31.2 Å². The summed E-state index contributed by atoms with van der Waals surface area (Å²) in [5.74, 6) is 0.135. The number of hydrogen-bond acceptors (Lipinski definition) is 7. The molecule has 20 heavy (non-hydrogen) atoms. The van der Waals surface area contributed by atoms with Crippen molar-refractivity contribution in [3.05, 3.63) is 40.7 Å². The van der Waals surface area contributed by atoms with E-state index in [9.17, 15) is 4.79 Å². The zero-order valence-corrected chi connectivity index (χ0v) is 11.9. The number of carbonyl (C=O) groups excluding carboxylic acids is 1. The number of Topliss-reactive ketones (excluding diaryl/α,β-unsaturated/α-hetero) is 1. The minimum absolute atomic E-state index is 0.312. The minimum atomic E-state index is -1.21. The molecule has 0 fully saturated rings. The Hall–Kier alpha value is -2.17. The van der Waals surface area contributed by atoms with Gasteiger partial charge in [-0.3, -0.25) is 4.79 Å². The summed E-state index contributed by atoms with van der Waals surface area (Å²) in [6.45, 7) is 1.72. The maximum Gasteiger partial charge on any atom is 0.249 e. The third-order valence-electron chi connectivity index (χ3n) is 2.27. The zero-order valence-electron chi connectivity index (χ0n) is 10.3. The number of halogens is 1. The van der Waals surface area contributed by atoms with Gasteiger partial charge in [-0.15, -0.1) is 5.11 Å². The van der Waals surface area contributed by atoms with Gasteiger partial charge in [-0.1, -0.05) is 11.6 Å². The van der Waals surface area contributed by atoms with Crippen LogP contribution >= 0.6 is 23.1 Å². The monoisotopic (exact) mass is 305 g/mol. The van der Waals surface area contributed by atoms with Gasteiger partial charge in [0, 0.05) is 22.1 Å². The molecule has 2 aromatic rings. The molecule has 1 unspecified atom stereocenters. The van der Waals surface area contributed by atoms with Crippen LogP contribution in [0, 0.1) is 18.3 Å². The Morgan fingerprint density at radius 1 is 1.45 bits per heavy atom. The van der Waals surface area contributed by atoms with Crippen molar-refractivity contribution in [3.63, 3.8) is 0 Å². The first-order valence-corrected chi connectivity index (χ1v) is 6.66. The summed E-state index contributed by atoms with van der Waals surface area (Å²) in [6.07, 6.45) is 0. The van der Waals surface area contributed by atoms with E-state index in [-0.39, 0.29) is 0 Å². The molecule has 0 saturated heterocycles. The van der Waals surface area contributed by atoms with Crippen LogP contribution in [0.3, 0.4) is 0 Å². The number of hydrogen-bond donors (Lipinski definition) is 0. The Kier molecular flexibility index (Phi) is 4.50. The second-order valence-electron chi connectivity index (χ2n) is 3.74. The van der Waals surface area contributed by atoms with Crippen molar-refractivity contribution in [2.75, 3.05) is 0 Å². The van der Waals surface area contributed by atoms with Crippen molar-refractivity contribution < 1.29 is 4.79 Å². The fourth-order valence-electron chi connectivity index (χ4n) is 1.34. The van der Waals surface area contributed by atoms with Crippen molar-refractivity contribution >= 4 is 34.0 Å². The Morgan fingerprint density at radius 3 is 2.70 bits per heavy atom. The molecule has 0 saturated carbocycles. The number of ketones is 1. The lowest BCUT2D eigenvalue weighted by atomic mass is 10.1. The molecule has 1 aromatic heterocycles. The summed E-state index contributed by atoms with van der Waals surface area (Å²) in [5, 5.41) is 17.3. The molecule has 0 aliphatic heterocycles. The van der Waals surface area contributed by atoms with Crippen molar-refractivity contribution in [1.82, 2.24) is 9.36 Å². The van der Waals surface area contributed by atoms with Crippen LogP contribution in [0.2, 0.25) is 5.02 Å². The predicted molar refractivity (Wildman–Crippen MR) is 74.3 cm³/mol. The van der Waals surface area contributed by atoms with Gasteiger partial charge in [0.05, 0.1) is 6.07 Å². The summed E-state index contributed by atoms with van der Waals surface area (Å²) >= 11 is 6.79. The Labute approximate surface area is 123 Å². The number of azo groups is 1. The highest BCUT2D eigenvalue weighted by Gasteiger charge is 2.19. The number of aromatic nitrogens is 2. The number of nitriles is 1. The molecule has 0 spiro atoms. The van der Waals surface area contributed by atoms with Crippen LogP contribution < -0.4 is 0 Å². The molecule has 100 valence electrons. The van der Waals surface area contributed by atoms with Crippen molar-refractivity contribution in [2.24, 2.45) is 10.2 Å². The third-order valence-corrected chi connectivity index (χ3v) is 3.22. The average molecular weight is 306 g/mol. The molecule has 6 nitrogen and oxygen atoms in total. The molecule has 1 aromatic carbocycles. The van der Waals surface area contributed by atoms with Crippen LogP contribution in [0.15, 0.2) is 34.5 Å². The molecule has 0 aliphatic rings. The Morgan fingerprint density at radius 2 is 2.15 bits per heavy atom. The molecule has 8 heteroatoms. The van der Waals surface area contributed by atoms with Gasteiger partial charge in [0.1, 0.15) is 5.82 Å². The van der Waals surface area contributed by atoms with Gasteiger partial charge in [-0.25, -0.2) is 4.98 Å². The molecule has 0 amide bonds. The smallest absolute Gasteiger partial charge is 0.249 e. The molecule has 1 heterocycles. The zero-order chi connectivity index (χ0) is 14.5. The van der Waals surface area contributed by atoms with Gasteiger partial charge < -0.3 is 0 Å². The number of benzene rings is 1. The maximum absolute atomic E-state index is 12.1. The summed E-state index contributed by atoms with van der Waals surface area (Å²) in [5.41, 5.74) is 0.355. The average Bonchev–Trinajstić information content (AvgIpc) is 2.86. The van der Waals surface area contributed by atoms with Crippen molar-refractivity contribution in [2.45, 2.75) is 13.0 Å². The molecular weight excluding hydrogens is 298 g/mol. The normalized spacial score (nSPS) is 12.2. The van der Waals surface area contributed by atoms with E-state index in [0.717, 1.165) is 11.5 Å². The first-order valence-electron chi connectivity index (χ1n) is 5.50. The molecule has 0 bridgehead atoms. The highest BCUT2D eigenvalue weighted by molar-refractivity contribution is 7.09. The van der Waals surface area contributed by atoms with Crippen LogP contribution in [-0.4, -0.2) is 21.2 Å². The van der Waals surface area contributed by atoms with E-state index in [2.05, 4.69) is 19.6 Å². The van der Waals surface area contributed by atoms with Crippen LogP contribution in [0.1, 0.15) is 16.2 Å². The predicted octanol–water partition coefficient (Wildman–Crippen LogP) is 3.36. The van der Waals surface area contributed by atoms with E-state index in [4.69, 9.17) is 16.9 Å². The van der Waals surface area contributed by atoms with E-state index in [1.165, 1.54) is 0 Å². The first kappa shape index (κ1) is 14.2. The Balaban J connectivity index is 2.16. The molecule has 0 aliphatic carbocycles. The first-order chi connectivity index (χ1) is 9.60. The van der Waals surface area contributed by atoms with Crippen molar-refractivity contribution in [1.29, 1.82) is 5.26 Å². The number of rotatable bonds is 4. The number of nitrogens with zero attached hydrogens (tertiary/aromatic N) is 5. The summed E-state index contributed by atoms with van der Waals surface area (Å²) in [6, 6.07) is 6.84. The van der Waals surface area contributed by atoms with Crippen LogP contribution in [0.25, 0.3) is 0 Å². The molecule has 0 radical (unpaired) electrons. The standard InChI is InChI=1S/C12H8ClN5OS/c1-7-15-12(20-18-7)17-16-10(6-14)11(19)8-2-4-9(13)5-3-8/h2-5,10H,1H3. The quantitative estimate of drug-likeness (QED) is 0.639. The van der Waals surface area contributed by atoms with E-state index in [1.807, 2.05) is 0 Å². The van der Waals surface area contributed by atoms with Crippen molar-refractivity contribution in [3.8, 4) is 6.07 Å². The van der Waals surface area contributed by atoms with Crippen LogP contribution in [0.4, 0.5) is 5.13 Å². The third kappa shape index (κ3) is 3.44. The van der Waals surface area contributed by atoms with Gasteiger partial charge in [0.2, 0.25) is 17.0 Å². The summed E-state index contributed by atoms with van der Waals surface area (Å²) in [4.78, 5) is 16.0. The Bertz CT molecular complexity index is 689. The topological polar surface area (TPSA) is 91.4 Å². The van der Waals surface area contributed by atoms with E-state index in [0.29, 0.717) is 21.5 Å². The summed E-state index contributed by atoms with van der Waals surface area (Å²) < 4.78 is 3.93. The summed E-state index contributed by atoms with van der Waals surface area (Å²) in [7, 11) is 0. The fourth-order valence-corrected chi connectivity index (χ4v) is 1.98. The van der Waals surface area contributed by atoms with Crippen LogP contribution in [0.5, 0.6) is 0 Å². The lowest BCUT2D eigenvalue weighted by Crippen LogP contribution is -2.16. The molecular formula is C12H8ClN5OS. The fraction of sp³-hybridized carbons (Fsp3) is 0.167. The maximum atomic E-state index is 12.1. The SMILES string of the molecule is Cc1nsc(N=NC(C#N)C(=O)c2ccc(Cl)cc2)n1. The lowest BCUT2D eigenvalue weighted by molar-refractivity contribution is 0.0979.